The Hall–Kier alpha value is -1.74. The summed E-state index contributed by atoms with van der Waals surface area (Å²) < 4.78 is 12.7. The average Bonchev–Trinajstić information content (AvgIpc) is 2.38. The molecule has 1 heterocycles. The van der Waals surface area contributed by atoms with Crippen molar-refractivity contribution in [2.75, 3.05) is 0 Å². The predicted octanol–water partition coefficient (Wildman–Crippen LogP) is 3.07. The first-order valence-electron chi connectivity index (χ1n) is 5.64. The molecule has 0 spiro atoms. The van der Waals surface area contributed by atoms with Gasteiger partial charge in [0.15, 0.2) is 0 Å². The van der Waals surface area contributed by atoms with E-state index in [1.54, 1.807) is 6.07 Å². The molecule has 0 aliphatic heterocycles. The van der Waals surface area contributed by atoms with Gasteiger partial charge in [-0.05, 0) is 24.6 Å². The van der Waals surface area contributed by atoms with Gasteiger partial charge in [0.05, 0.1) is 11.9 Å². The smallest absolute Gasteiger partial charge is 0.141 e. The molecule has 88 valence electrons. The summed E-state index contributed by atoms with van der Waals surface area (Å²) in [5.41, 5.74) is 2.07. The molecule has 3 heteroatoms. The highest BCUT2D eigenvalue weighted by atomic mass is 19.1. The van der Waals surface area contributed by atoms with Gasteiger partial charge in [-0.15, -0.1) is 0 Å². The molecule has 0 aliphatic rings. The Morgan fingerprint density at radius 3 is 2.59 bits per heavy atom. The summed E-state index contributed by atoms with van der Waals surface area (Å²) in [7, 11) is 0. The van der Waals surface area contributed by atoms with E-state index in [9.17, 15) is 4.39 Å². The van der Waals surface area contributed by atoms with Crippen LogP contribution in [0.5, 0.6) is 0 Å². The third kappa shape index (κ3) is 3.36. The molecule has 1 N–H and O–H groups in total. The Morgan fingerprint density at radius 1 is 1.18 bits per heavy atom. The van der Waals surface area contributed by atoms with Gasteiger partial charge >= 0.3 is 0 Å². The Bertz CT molecular complexity index is 453. The number of nitrogens with one attached hydrogen (secondary N) is 1. The molecule has 17 heavy (non-hydrogen) atoms. The fourth-order valence-electron chi connectivity index (χ4n) is 1.61. The van der Waals surface area contributed by atoms with E-state index in [-0.39, 0.29) is 11.9 Å². The van der Waals surface area contributed by atoms with Crippen molar-refractivity contribution in [3.8, 4) is 0 Å². The summed E-state index contributed by atoms with van der Waals surface area (Å²) in [6, 6.07) is 13.4. The average molecular weight is 230 g/mol. The monoisotopic (exact) mass is 230 g/mol. The van der Waals surface area contributed by atoms with Gasteiger partial charge in [-0.2, -0.15) is 0 Å². The second kappa shape index (κ2) is 5.55. The number of hydrogen-bond donors (Lipinski definition) is 1. The van der Waals surface area contributed by atoms with Crippen molar-refractivity contribution in [2.24, 2.45) is 0 Å². The molecule has 0 bridgehead atoms. The lowest BCUT2D eigenvalue weighted by Crippen LogP contribution is -2.19. The van der Waals surface area contributed by atoms with Crippen molar-refractivity contribution in [3.05, 3.63) is 65.7 Å². The first kappa shape index (κ1) is 11.7. The molecule has 0 fully saturated rings. The number of benzene rings is 1. The Labute approximate surface area is 101 Å². The summed E-state index contributed by atoms with van der Waals surface area (Å²) in [6.45, 7) is 2.80. The van der Waals surface area contributed by atoms with Crippen LogP contribution in [0.2, 0.25) is 0 Å². The maximum absolute atomic E-state index is 12.7. The van der Waals surface area contributed by atoms with Crippen LogP contribution in [-0.2, 0) is 6.54 Å². The van der Waals surface area contributed by atoms with Crippen molar-refractivity contribution in [1.82, 2.24) is 10.3 Å². The minimum absolute atomic E-state index is 0.107. The highest BCUT2D eigenvalue weighted by Gasteiger charge is 2.05. The lowest BCUT2D eigenvalue weighted by atomic mass is 10.2. The molecular weight excluding hydrogens is 215 g/mol. The Morgan fingerprint density at radius 2 is 1.94 bits per heavy atom. The second-order valence-electron chi connectivity index (χ2n) is 3.99. The minimum Gasteiger partial charge on any atom is -0.305 e. The van der Waals surface area contributed by atoms with Crippen molar-refractivity contribution in [3.63, 3.8) is 0 Å². The van der Waals surface area contributed by atoms with Crippen LogP contribution in [0.25, 0.3) is 0 Å². The summed E-state index contributed by atoms with van der Waals surface area (Å²) in [6.07, 6.45) is 1.25. The molecule has 1 atom stereocenters. The number of pyridine rings is 1. The molecule has 1 aromatic heterocycles. The second-order valence-corrected chi connectivity index (χ2v) is 3.99. The predicted molar refractivity (Wildman–Crippen MR) is 65.9 cm³/mol. The molecule has 2 rings (SSSR count). The van der Waals surface area contributed by atoms with Crippen LogP contribution in [0.15, 0.2) is 48.7 Å². The maximum Gasteiger partial charge on any atom is 0.141 e. The van der Waals surface area contributed by atoms with Gasteiger partial charge in [-0.1, -0.05) is 30.3 Å². The van der Waals surface area contributed by atoms with E-state index in [1.807, 2.05) is 25.1 Å². The van der Waals surface area contributed by atoms with Gasteiger partial charge in [0.25, 0.3) is 0 Å². The van der Waals surface area contributed by atoms with Gasteiger partial charge in [-0.3, -0.25) is 4.98 Å². The molecule has 2 aromatic rings. The molecule has 0 amide bonds. The maximum atomic E-state index is 12.7. The van der Waals surface area contributed by atoms with Gasteiger partial charge in [0.2, 0.25) is 0 Å². The highest BCUT2D eigenvalue weighted by molar-refractivity contribution is 5.15. The lowest BCUT2D eigenvalue weighted by Gasteiger charge is -2.13. The molecular formula is C14H15FN2. The molecule has 0 radical (unpaired) electrons. The van der Waals surface area contributed by atoms with E-state index in [4.69, 9.17) is 0 Å². The van der Waals surface area contributed by atoms with Crippen LogP contribution in [0.3, 0.4) is 0 Å². The third-order valence-corrected chi connectivity index (χ3v) is 2.65. The van der Waals surface area contributed by atoms with E-state index in [0.717, 1.165) is 12.2 Å². The largest absolute Gasteiger partial charge is 0.305 e. The van der Waals surface area contributed by atoms with Crippen LogP contribution in [0, 0.1) is 5.82 Å². The zero-order valence-electron chi connectivity index (χ0n) is 9.73. The number of aromatic nitrogens is 1. The van der Waals surface area contributed by atoms with E-state index in [1.165, 1.54) is 17.8 Å². The van der Waals surface area contributed by atoms with E-state index >= 15 is 0 Å². The van der Waals surface area contributed by atoms with Crippen LogP contribution in [0.1, 0.15) is 24.2 Å². The zero-order chi connectivity index (χ0) is 12.1. The topological polar surface area (TPSA) is 24.9 Å². The van der Waals surface area contributed by atoms with Crippen molar-refractivity contribution < 1.29 is 4.39 Å². The van der Waals surface area contributed by atoms with Gasteiger partial charge in [-0.25, -0.2) is 4.39 Å². The SMILES string of the molecule is CC(NCc1ccccc1)c1ccc(F)cn1. The number of rotatable bonds is 4. The number of hydrogen-bond acceptors (Lipinski definition) is 2. The quantitative estimate of drug-likeness (QED) is 0.873. The highest BCUT2D eigenvalue weighted by Crippen LogP contribution is 2.10. The van der Waals surface area contributed by atoms with E-state index in [0.29, 0.717) is 0 Å². The third-order valence-electron chi connectivity index (χ3n) is 2.65. The van der Waals surface area contributed by atoms with E-state index in [2.05, 4.69) is 22.4 Å². The molecule has 1 aromatic carbocycles. The van der Waals surface area contributed by atoms with Crippen LogP contribution in [0.4, 0.5) is 4.39 Å². The molecule has 2 nitrogen and oxygen atoms in total. The molecule has 0 saturated carbocycles. The van der Waals surface area contributed by atoms with Gasteiger partial charge < -0.3 is 5.32 Å². The summed E-state index contributed by atoms with van der Waals surface area (Å²) in [5, 5.41) is 3.35. The van der Waals surface area contributed by atoms with Crippen LogP contribution < -0.4 is 5.32 Å². The summed E-state index contributed by atoms with van der Waals surface area (Å²) >= 11 is 0. The Balaban J connectivity index is 1.93. The fourth-order valence-corrected chi connectivity index (χ4v) is 1.61. The normalized spacial score (nSPS) is 12.4. The summed E-state index contributed by atoms with van der Waals surface area (Å²) in [4.78, 5) is 4.05. The standard InChI is InChI=1S/C14H15FN2/c1-11(14-8-7-13(15)10-17-14)16-9-12-5-3-2-4-6-12/h2-8,10-11,16H,9H2,1H3. The molecule has 0 aliphatic carbocycles. The minimum atomic E-state index is -0.302. The molecule has 1 unspecified atom stereocenters. The lowest BCUT2D eigenvalue weighted by molar-refractivity contribution is 0.554. The van der Waals surface area contributed by atoms with E-state index < -0.39 is 0 Å². The first-order chi connectivity index (χ1) is 8.25. The first-order valence-corrected chi connectivity index (χ1v) is 5.64. The van der Waals surface area contributed by atoms with Crippen molar-refractivity contribution >= 4 is 0 Å². The van der Waals surface area contributed by atoms with Crippen molar-refractivity contribution in [2.45, 2.75) is 19.5 Å². The van der Waals surface area contributed by atoms with Crippen molar-refractivity contribution in [1.29, 1.82) is 0 Å². The number of halogens is 1. The van der Waals surface area contributed by atoms with Gasteiger partial charge in [0, 0.05) is 12.6 Å². The van der Waals surface area contributed by atoms with Crippen LogP contribution in [-0.4, -0.2) is 4.98 Å². The number of nitrogens with zero attached hydrogens (tertiary/aromatic N) is 1. The molecule has 0 saturated heterocycles. The summed E-state index contributed by atoms with van der Waals surface area (Å²) in [5.74, 6) is -0.302. The van der Waals surface area contributed by atoms with Gasteiger partial charge in [0.1, 0.15) is 5.82 Å². The Kier molecular flexibility index (Phi) is 3.83. The zero-order valence-corrected chi connectivity index (χ0v) is 9.73. The fraction of sp³-hybridized carbons (Fsp3) is 0.214. The van der Waals surface area contributed by atoms with Crippen LogP contribution >= 0.6 is 0 Å².